The molecule has 0 aliphatic carbocycles. The van der Waals surface area contributed by atoms with Crippen molar-refractivity contribution in [1.82, 2.24) is 4.57 Å². The van der Waals surface area contributed by atoms with Crippen LogP contribution in [0.5, 0.6) is 11.6 Å². The molecule has 0 fully saturated rings. The summed E-state index contributed by atoms with van der Waals surface area (Å²) in [6, 6.07) is 20.2. The molecule has 3 aromatic carbocycles. The van der Waals surface area contributed by atoms with Crippen molar-refractivity contribution in [1.29, 1.82) is 5.26 Å². The third kappa shape index (κ3) is 8.66. The molecule has 0 saturated carbocycles. The van der Waals surface area contributed by atoms with Crippen LogP contribution >= 0.6 is 12.0 Å². The van der Waals surface area contributed by atoms with Crippen molar-refractivity contribution in [3.05, 3.63) is 110 Å². The first kappa shape index (κ1) is 37.0. The molecule has 4 rings (SSSR count). The number of amides is 1. The average Bonchev–Trinajstić information content (AvgIpc) is 3.03. The van der Waals surface area contributed by atoms with E-state index in [-0.39, 0.29) is 62.8 Å². The van der Waals surface area contributed by atoms with E-state index >= 15 is 0 Å². The second-order valence-corrected chi connectivity index (χ2v) is 11.8. The van der Waals surface area contributed by atoms with Crippen LogP contribution in [-0.2, 0) is 38.4 Å². The Kier molecular flexibility index (Phi) is 12.9. The van der Waals surface area contributed by atoms with Gasteiger partial charge in [0.15, 0.2) is 5.69 Å². The normalized spacial score (nSPS) is 11.2. The first-order valence-electron chi connectivity index (χ1n) is 14.1. The first-order chi connectivity index (χ1) is 22.0. The number of pyridine rings is 1. The molecule has 0 spiro atoms. The van der Waals surface area contributed by atoms with Crippen LogP contribution in [-0.4, -0.2) is 22.2 Å². The van der Waals surface area contributed by atoms with E-state index in [1.165, 1.54) is 31.2 Å². The van der Waals surface area contributed by atoms with E-state index in [1.807, 2.05) is 31.2 Å². The molecule has 0 saturated heterocycles. The minimum absolute atomic E-state index is 0. The summed E-state index contributed by atoms with van der Waals surface area (Å²) in [7, 11) is 0. The predicted octanol–water partition coefficient (Wildman–Crippen LogP) is 6.78. The molecule has 4 aromatic rings. The predicted molar refractivity (Wildman–Crippen MR) is 170 cm³/mol. The molecule has 14 heteroatoms. The molecule has 1 heterocycles. The molecule has 0 bridgehead atoms. The van der Waals surface area contributed by atoms with Crippen LogP contribution in [0.25, 0.3) is 11.0 Å². The Balaban J connectivity index is 0.00000600. The summed E-state index contributed by atoms with van der Waals surface area (Å²) in [5.74, 6) is -0.459. The Hall–Kier alpha value is -4.48. The molecule has 1 N–H and O–H groups in total. The SMILES string of the molecule is CCOc1ccc(C(C)(C)C)cc1C[N-]C(=O)c1ccccc1N=Nc1c(C)c(C#N)c(=O)n(-c2ccc(SOO[O-])cc2)c1O.[Cu+]. The summed E-state index contributed by atoms with van der Waals surface area (Å²) in [5, 5.41) is 47.1. The summed E-state index contributed by atoms with van der Waals surface area (Å²) in [4.78, 5) is 27.0. The Morgan fingerprint density at radius 2 is 1.81 bits per heavy atom. The van der Waals surface area contributed by atoms with E-state index in [0.29, 0.717) is 29.3 Å². The molecular weight excluding hydrogens is 674 g/mol. The Labute approximate surface area is 286 Å². The number of aromatic nitrogens is 1. The molecule has 0 radical (unpaired) electrons. The fourth-order valence-electron chi connectivity index (χ4n) is 4.51. The number of aromatic hydroxyl groups is 1. The zero-order chi connectivity index (χ0) is 33.4. The quantitative estimate of drug-likeness (QED) is 0.0581. The fourth-order valence-corrected chi connectivity index (χ4v) is 4.86. The number of rotatable bonds is 11. The average molecular weight is 705 g/mol. The van der Waals surface area contributed by atoms with Crippen molar-refractivity contribution in [2.75, 3.05) is 6.61 Å². The van der Waals surface area contributed by atoms with Gasteiger partial charge >= 0.3 is 17.1 Å². The summed E-state index contributed by atoms with van der Waals surface area (Å²) < 4.78 is 11.0. The number of nitrogens with zero attached hydrogens (tertiary/aromatic N) is 5. The maximum Gasteiger partial charge on any atom is 1.00 e. The van der Waals surface area contributed by atoms with Gasteiger partial charge < -0.3 is 25.2 Å². The first-order valence-corrected chi connectivity index (χ1v) is 14.8. The van der Waals surface area contributed by atoms with Crippen molar-refractivity contribution in [2.24, 2.45) is 10.2 Å². The van der Waals surface area contributed by atoms with E-state index in [2.05, 4.69) is 45.7 Å². The Morgan fingerprint density at radius 3 is 2.45 bits per heavy atom. The zero-order valence-electron chi connectivity index (χ0n) is 26.1. The maximum atomic E-state index is 13.3. The molecule has 12 nitrogen and oxygen atoms in total. The van der Waals surface area contributed by atoms with Crippen LogP contribution in [0, 0.1) is 18.3 Å². The third-order valence-electron chi connectivity index (χ3n) is 6.95. The number of hydrogen-bond donors (Lipinski definition) is 1. The van der Waals surface area contributed by atoms with Crippen molar-refractivity contribution in [2.45, 2.75) is 51.5 Å². The topological polar surface area (TPSA) is 173 Å². The fraction of sp³-hybridized carbons (Fsp3) is 0.242. The van der Waals surface area contributed by atoms with Crippen LogP contribution in [0.4, 0.5) is 11.4 Å². The van der Waals surface area contributed by atoms with Gasteiger partial charge in [0, 0.05) is 16.0 Å². The number of azo groups is 1. The standard InChI is InChI=1S/C33H33N5O7S.Cu/c1-6-43-28-16-11-22(33(3,4)5)17-21(28)19-35-30(39)25-9-7-8-10-27(25)36-37-29-20(2)26(18-34)31(40)38(32(29)41)23-12-14-24(15-13-23)46-45-44-42;/h7-17H,6,19H2,1-5H3,(H3,35,36,39,40,41,42);/q;+1/p-2. The minimum Gasteiger partial charge on any atom is -0.691 e. The molecular formula is C33H31CuN5O7S-. The van der Waals surface area contributed by atoms with Crippen LogP contribution in [0.2, 0.25) is 0 Å². The van der Waals surface area contributed by atoms with Gasteiger partial charge in [0.05, 0.1) is 35.9 Å². The van der Waals surface area contributed by atoms with E-state index in [4.69, 9.17) is 4.74 Å². The van der Waals surface area contributed by atoms with Crippen LogP contribution in [0.15, 0.2) is 86.6 Å². The van der Waals surface area contributed by atoms with Gasteiger partial charge in [0.1, 0.15) is 17.4 Å². The van der Waals surface area contributed by atoms with Crippen LogP contribution < -0.4 is 15.6 Å². The largest absolute Gasteiger partial charge is 1.00 e. The molecule has 0 aliphatic rings. The van der Waals surface area contributed by atoms with Gasteiger partial charge in [-0.1, -0.05) is 57.6 Å². The van der Waals surface area contributed by atoms with Crippen molar-refractivity contribution < 1.29 is 46.3 Å². The van der Waals surface area contributed by atoms with E-state index in [1.54, 1.807) is 24.3 Å². The number of carbonyl (C=O) groups excluding carboxylic acids is 1. The molecule has 47 heavy (non-hydrogen) atoms. The summed E-state index contributed by atoms with van der Waals surface area (Å²) in [5.41, 5.74) is 1.22. The van der Waals surface area contributed by atoms with Gasteiger partial charge in [-0.05, 0) is 66.8 Å². The maximum absolute atomic E-state index is 13.3. The Bertz CT molecular complexity index is 1870. The molecule has 248 valence electrons. The number of carbonyl (C=O) groups is 1. The second kappa shape index (κ2) is 16.4. The van der Waals surface area contributed by atoms with E-state index in [9.17, 15) is 25.2 Å². The van der Waals surface area contributed by atoms with Gasteiger partial charge in [-0.25, -0.2) is 4.57 Å². The smallest absolute Gasteiger partial charge is 0.691 e. The van der Waals surface area contributed by atoms with Crippen molar-refractivity contribution >= 4 is 29.3 Å². The number of ether oxygens (including phenoxy) is 1. The monoisotopic (exact) mass is 704 g/mol. The third-order valence-corrected chi connectivity index (χ3v) is 7.54. The van der Waals surface area contributed by atoms with E-state index in [0.717, 1.165) is 15.7 Å². The Morgan fingerprint density at radius 1 is 1.11 bits per heavy atom. The summed E-state index contributed by atoms with van der Waals surface area (Å²) in [6.07, 6.45) is 0. The van der Waals surface area contributed by atoms with Gasteiger partial charge in [-0.2, -0.15) is 9.60 Å². The molecule has 0 unspecified atom stereocenters. The summed E-state index contributed by atoms with van der Waals surface area (Å²) >= 11 is 0.650. The molecule has 0 aliphatic heterocycles. The second-order valence-electron chi connectivity index (χ2n) is 11.0. The number of benzene rings is 3. The molecule has 0 atom stereocenters. The number of nitriles is 1. The number of hydrogen-bond acceptors (Lipinski definition) is 11. The van der Waals surface area contributed by atoms with Crippen LogP contribution in [0.3, 0.4) is 0 Å². The van der Waals surface area contributed by atoms with Crippen LogP contribution in [0.1, 0.15) is 60.3 Å². The zero-order valence-corrected chi connectivity index (χ0v) is 27.9. The molecule has 1 amide bonds. The van der Waals surface area contributed by atoms with Gasteiger partial charge in [-0.3, -0.25) is 9.83 Å². The van der Waals surface area contributed by atoms with Gasteiger partial charge in [0.2, 0.25) is 5.88 Å². The molecule has 1 aromatic heterocycles. The van der Waals surface area contributed by atoms with Crippen molar-refractivity contribution in [3.63, 3.8) is 0 Å². The minimum atomic E-state index is -0.771. The van der Waals surface area contributed by atoms with Gasteiger partial charge in [-0.15, -0.1) is 10.2 Å². The summed E-state index contributed by atoms with van der Waals surface area (Å²) in [6.45, 7) is 10.2. The van der Waals surface area contributed by atoms with Crippen molar-refractivity contribution in [3.8, 4) is 23.4 Å². The van der Waals surface area contributed by atoms with Gasteiger partial charge in [0.25, 0.3) is 5.56 Å². The van der Waals surface area contributed by atoms with E-state index < -0.39 is 17.3 Å².